The molecular formula is C17H14IN3O3S. The van der Waals surface area contributed by atoms with Gasteiger partial charge >= 0.3 is 0 Å². The third kappa shape index (κ3) is 3.90. The molecule has 0 spiro atoms. The maximum Gasteiger partial charge on any atom is 0.263 e. The summed E-state index contributed by atoms with van der Waals surface area (Å²) in [7, 11) is -3.83. The average molecular weight is 467 g/mol. The van der Waals surface area contributed by atoms with E-state index in [1.54, 1.807) is 48.7 Å². The SMILES string of the molecule is CC(=O)Nc1ccc(S(=O)(=O)Nc2ccc(I)cn2)c2ccccc12. The van der Waals surface area contributed by atoms with Gasteiger partial charge in [0.05, 0.1) is 4.90 Å². The van der Waals surface area contributed by atoms with Crippen LogP contribution in [0, 0.1) is 3.57 Å². The summed E-state index contributed by atoms with van der Waals surface area (Å²) >= 11 is 2.10. The van der Waals surface area contributed by atoms with Gasteiger partial charge in [-0.1, -0.05) is 24.3 Å². The van der Waals surface area contributed by atoms with Crippen molar-refractivity contribution in [1.29, 1.82) is 0 Å². The molecular weight excluding hydrogens is 453 g/mol. The van der Waals surface area contributed by atoms with Gasteiger partial charge in [0, 0.05) is 33.2 Å². The molecule has 0 radical (unpaired) electrons. The molecule has 8 heteroatoms. The fourth-order valence-corrected chi connectivity index (χ4v) is 3.97. The third-order valence-corrected chi connectivity index (χ3v) is 5.50. The normalized spacial score (nSPS) is 11.3. The third-order valence-electron chi connectivity index (χ3n) is 3.45. The minimum atomic E-state index is -3.83. The van der Waals surface area contributed by atoms with Crippen molar-refractivity contribution in [2.45, 2.75) is 11.8 Å². The summed E-state index contributed by atoms with van der Waals surface area (Å²) in [6.07, 6.45) is 1.58. The van der Waals surface area contributed by atoms with Gasteiger partial charge in [-0.3, -0.25) is 9.52 Å². The molecule has 0 saturated carbocycles. The molecule has 3 rings (SSSR count). The molecule has 2 N–H and O–H groups in total. The number of benzene rings is 2. The first-order chi connectivity index (χ1) is 11.9. The number of aromatic nitrogens is 1. The molecule has 3 aromatic rings. The topological polar surface area (TPSA) is 88.2 Å². The smallest absolute Gasteiger partial charge is 0.263 e. The Balaban J connectivity index is 2.08. The highest BCUT2D eigenvalue weighted by Crippen LogP contribution is 2.30. The lowest BCUT2D eigenvalue weighted by molar-refractivity contribution is -0.114. The van der Waals surface area contributed by atoms with Crippen LogP contribution < -0.4 is 10.0 Å². The highest BCUT2D eigenvalue weighted by molar-refractivity contribution is 14.1. The predicted octanol–water partition coefficient (Wildman–Crippen LogP) is 3.60. The summed E-state index contributed by atoms with van der Waals surface area (Å²) < 4.78 is 29.0. The van der Waals surface area contributed by atoms with Crippen molar-refractivity contribution in [3.63, 3.8) is 0 Å². The Morgan fingerprint density at radius 2 is 1.76 bits per heavy atom. The number of rotatable bonds is 4. The van der Waals surface area contributed by atoms with E-state index in [1.165, 1.54) is 13.0 Å². The number of carbonyl (C=O) groups is 1. The molecule has 1 aromatic heterocycles. The molecule has 0 aliphatic heterocycles. The van der Waals surface area contributed by atoms with Crippen LogP contribution in [0.25, 0.3) is 10.8 Å². The average Bonchev–Trinajstić information content (AvgIpc) is 2.56. The van der Waals surface area contributed by atoms with Gasteiger partial charge in [0.2, 0.25) is 5.91 Å². The summed E-state index contributed by atoms with van der Waals surface area (Å²) in [6.45, 7) is 1.41. The van der Waals surface area contributed by atoms with Gasteiger partial charge in [-0.2, -0.15) is 0 Å². The number of halogens is 1. The van der Waals surface area contributed by atoms with Gasteiger partial charge in [0.1, 0.15) is 5.82 Å². The van der Waals surface area contributed by atoms with E-state index in [4.69, 9.17) is 0 Å². The van der Waals surface area contributed by atoms with E-state index >= 15 is 0 Å². The largest absolute Gasteiger partial charge is 0.326 e. The van der Waals surface area contributed by atoms with E-state index in [2.05, 4.69) is 37.6 Å². The van der Waals surface area contributed by atoms with Crippen molar-refractivity contribution >= 4 is 60.8 Å². The van der Waals surface area contributed by atoms with Crippen LogP contribution in [0.15, 0.2) is 59.6 Å². The summed E-state index contributed by atoms with van der Waals surface area (Å²) in [5.41, 5.74) is 0.564. The molecule has 0 atom stereocenters. The standard InChI is InChI=1S/C17H14IN3O3S/c1-11(22)20-15-7-8-16(14-5-3-2-4-13(14)15)25(23,24)21-17-9-6-12(18)10-19-17/h2-10H,1H3,(H,19,21)(H,20,22). The molecule has 1 amide bonds. The molecule has 0 fully saturated rings. The van der Waals surface area contributed by atoms with E-state index in [9.17, 15) is 13.2 Å². The maximum atomic E-state index is 12.8. The van der Waals surface area contributed by atoms with E-state index in [0.29, 0.717) is 16.5 Å². The molecule has 6 nitrogen and oxygen atoms in total. The maximum absolute atomic E-state index is 12.8. The van der Waals surface area contributed by atoms with Crippen LogP contribution in [0.1, 0.15) is 6.92 Å². The first-order valence-electron chi connectivity index (χ1n) is 7.30. The van der Waals surface area contributed by atoms with Crippen LogP contribution in [0.4, 0.5) is 11.5 Å². The van der Waals surface area contributed by atoms with Gasteiger partial charge in [-0.05, 0) is 46.9 Å². The zero-order chi connectivity index (χ0) is 18.0. The van der Waals surface area contributed by atoms with Crippen molar-refractivity contribution in [2.24, 2.45) is 0 Å². The zero-order valence-electron chi connectivity index (χ0n) is 13.2. The molecule has 0 aliphatic rings. The molecule has 2 aromatic carbocycles. The van der Waals surface area contributed by atoms with Crippen molar-refractivity contribution in [3.05, 3.63) is 58.3 Å². The van der Waals surface area contributed by atoms with Gasteiger partial charge in [-0.15, -0.1) is 0 Å². The van der Waals surface area contributed by atoms with Gasteiger partial charge in [0.25, 0.3) is 10.0 Å². The Morgan fingerprint density at radius 1 is 1.04 bits per heavy atom. The zero-order valence-corrected chi connectivity index (χ0v) is 16.1. The molecule has 0 aliphatic carbocycles. The van der Waals surface area contributed by atoms with Crippen molar-refractivity contribution in [2.75, 3.05) is 10.0 Å². The lowest BCUT2D eigenvalue weighted by Gasteiger charge is -2.13. The van der Waals surface area contributed by atoms with Gasteiger partial charge < -0.3 is 5.32 Å². The lowest BCUT2D eigenvalue weighted by atomic mass is 10.1. The predicted molar refractivity (Wildman–Crippen MR) is 106 cm³/mol. The Kier molecular flexibility index (Phi) is 4.91. The van der Waals surface area contributed by atoms with Gasteiger partial charge in [0.15, 0.2) is 0 Å². The number of anilines is 2. The molecule has 0 saturated heterocycles. The Hall–Kier alpha value is -2.20. The van der Waals surface area contributed by atoms with E-state index < -0.39 is 10.0 Å². The van der Waals surface area contributed by atoms with E-state index in [-0.39, 0.29) is 16.6 Å². The molecule has 128 valence electrons. The highest BCUT2D eigenvalue weighted by Gasteiger charge is 2.19. The van der Waals surface area contributed by atoms with Crippen LogP contribution >= 0.6 is 22.6 Å². The monoisotopic (exact) mass is 467 g/mol. The quantitative estimate of drug-likeness (QED) is 0.575. The summed E-state index contributed by atoms with van der Waals surface area (Å²) in [4.78, 5) is 15.6. The van der Waals surface area contributed by atoms with Crippen LogP contribution in [-0.2, 0) is 14.8 Å². The fraction of sp³-hybridized carbons (Fsp3) is 0.0588. The summed E-state index contributed by atoms with van der Waals surface area (Å²) in [5, 5.41) is 3.88. The van der Waals surface area contributed by atoms with Crippen molar-refractivity contribution in [1.82, 2.24) is 4.98 Å². The first kappa shape index (κ1) is 17.6. The van der Waals surface area contributed by atoms with Crippen LogP contribution in [0.2, 0.25) is 0 Å². The number of carbonyl (C=O) groups excluding carboxylic acids is 1. The number of pyridine rings is 1. The Bertz CT molecular complexity index is 1050. The molecule has 1 heterocycles. The summed E-state index contributed by atoms with van der Waals surface area (Å²) in [5.74, 6) is 0.0254. The number of hydrogen-bond acceptors (Lipinski definition) is 4. The number of fused-ring (bicyclic) bond motifs is 1. The number of amides is 1. The lowest BCUT2D eigenvalue weighted by Crippen LogP contribution is -2.15. The van der Waals surface area contributed by atoms with Crippen molar-refractivity contribution < 1.29 is 13.2 Å². The summed E-state index contributed by atoms with van der Waals surface area (Å²) in [6, 6.07) is 13.4. The molecule has 25 heavy (non-hydrogen) atoms. The van der Waals surface area contributed by atoms with E-state index in [1.807, 2.05) is 0 Å². The van der Waals surface area contributed by atoms with Gasteiger partial charge in [-0.25, -0.2) is 13.4 Å². The highest BCUT2D eigenvalue weighted by atomic mass is 127. The number of nitrogens with one attached hydrogen (secondary N) is 2. The second-order valence-electron chi connectivity index (χ2n) is 5.31. The van der Waals surface area contributed by atoms with Crippen LogP contribution in [-0.4, -0.2) is 19.3 Å². The Labute approximate surface area is 158 Å². The molecule has 0 bridgehead atoms. The number of nitrogens with zero attached hydrogens (tertiary/aromatic N) is 1. The molecule has 0 unspecified atom stereocenters. The minimum absolute atomic E-state index is 0.123. The number of hydrogen-bond donors (Lipinski definition) is 2. The first-order valence-corrected chi connectivity index (χ1v) is 9.87. The second-order valence-corrected chi connectivity index (χ2v) is 8.20. The fourth-order valence-electron chi connectivity index (χ4n) is 2.43. The van der Waals surface area contributed by atoms with Crippen LogP contribution in [0.3, 0.4) is 0 Å². The van der Waals surface area contributed by atoms with Crippen molar-refractivity contribution in [3.8, 4) is 0 Å². The Morgan fingerprint density at radius 3 is 2.40 bits per heavy atom. The van der Waals surface area contributed by atoms with Crippen LogP contribution in [0.5, 0.6) is 0 Å². The van der Waals surface area contributed by atoms with E-state index in [0.717, 1.165) is 3.57 Å². The number of sulfonamides is 1. The minimum Gasteiger partial charge on any atom is -0.326 e. The second kappa shape index (κ2) is 6.96.